The number of nitrogens with zero attached hydrogens (tertiary/aromatic N) is 1. The van der Waals surface area contributed by atoms with E-state index in [1.165, 1.54) is 5.71 Å². The third kappa shape index (κ3) is 2.30. The van der Waals surface area contributed by atoms with E-state index >= 15 is 0 Å². The second-order valence-electron chi connectivity index (χ2n) is 3.52. The molecule has 0 aromatic carbocycles. The molecule has 0 N–H and O–H groups in total. The van der Waals surface area contributed by atoms with Gasteiger partial charge in [-0.2, -0.15) is 0 Å². The zero-order valence-corrected chi connectivity index (χ0v) is 8.71. The Morgan fingerprint density at radius 1 is 1.46 bits per heavy atom. The van der Waals surface area contributed by atoms with Gasteiger partial charge in [0.1, 0.15) is 5.54 Å². The maximum absolute atomic E-state index is 4.56. The molecule has 1 rings (SSSR count). The van der Waals surface area contributed by atoms with Crippen molar-refractivity contribution >= 4 is 5.71 Å². The summed E-state index contributed by atoms with van der Waals surface area (Å²) in [5, 5.41) is 0. The lowest BCUT2D eigenvalue weighted by Crippen LogP contribution is -2.15. The molecular formula is C12H19N. The van der Waals surface area contributed by atoms with Crippen molar-refractivity contribution in [3.05, 3.63) is 24.8 Å². The summed E-state index contributed by atoms with van der Waals surface area (Å²) in [6.45, 7) is 8.10. The van der Waals surface area contributed by atoms with Gasteiger partial charge in [0.05, 0.1) is 5.71 Å². The SMILES string of the molecule is C=CCCC1(CC)N=C1C=CCC. The van der Waals surface area contributed by atoms with Crippen molar-refractivity contribution in [2.45, 2.75) is 45.1 Å². The lowest BCUT2D eigenvalue weighted by atomic mass is 9.94. The van der Waals surface area contributed by atoms with E-state index in [9.17, 15) is 0 Å². The van der Waals surface area contributed by atoms with Crippen molar-refractivity contribution in [1.82, 2.24) is 0 Å². The first-order chi connectivity index (χ1) is 6.29. The summed E-state index contributed by atoms with van der Waals surface area (Å²) in [5.74, 6) is 0. The lowest BCUT2D eigenvalue weighted by molar-refractivity contribution is 0.587. The van der Waals surface area contributed by atoms with Crippen LogP contribution in [0.25, 0.3) is 0 Å². The van der Waals surface area contributed by atoms with Crippen LogP contribution in [0.2, 0.25) is 0 Å². The third-order valence-electron chi connectivity index (χ3n) is 2.62. The topological polar surface area (TPSA) is 12.4 Å². The maximum Gasteiger partial charge on any atom is 0.103 e. The molecule has 1 heterocycles. The van der Waals surface area contributed by atoms with Gasteiger partial charge in [-0.25, -0.2) is 0 Å². The van der Waals surface area contributed by atoms with Gasteiger partial charge in [0.25, 0.3) is 0 Å². The molecule has 1 atom stereocenters. The largest absolute Gasteiger partial charge is 0.274 e. The first-order valence-corrected chi connectivity index (χ1v) is 5.17. The van der Waals surface area contributed by atoms with Crippen molar-refractivity contribution in [1.29, 1.82) is 0 Å². The van der Waals surface area contributed by atoms with E-state index in [1.54, 1.807) is 0 Å². The molecule has 0 saturated heterocycles. The van der Waals surface area contributed by atoms with Crippen molar-refractivity contribution < 1.29 is 0 Å². The standard InChI is InChI=1S/C12H19N/c1-4-7-9-11-12(6-3,13-11)10-8-5-2/h5,7,9H,2,4,6,8,10H2,1,3H3. The number of hydrogen-bond acceptors (Lipinski definition) is 1. The molecule has 1 nitrogen and oxygen atoms in total. The predicted octanol–water partition coefficient (Wildman–Crippen LogP) is 3.52. The number of aliphatic imine (C=N–C) groups is 1. The minimum Gasteiger partial charge on any atom is -0.274 e. The van der Waals surface area contributed by atoms with Crippen LogP contribution < -0.4 is 0 Å². The molecule has 0 amide bonds. The predicted molar refractivity (Wildman–Crippen MR) is 59.3 cm³/mol. The van der Waals surface area contributed by atoms with Crippen LogP contribution in [0.1, 0.15) is 39.5 Å². The first-order valence-electron chi connectivity index (χ1n) is 5.17. The normalized spacial score (nSPS) is 26.2. The Labute approximate surface area is 81.3 Å². The summed E-state index contributed by atoms with van der Waals surface area (Å²) in [6.07, 6.45) is 10.8. The maximum atomic E-state index is 4.56. The molecule has 0 saturated carbocycles. The molecule has 1 heteroatoms. The van der Waals surface area contributed by atoms with Crippen molar-refractivity contribution in [3.8, 4) is 0 Å². The minimum atomic E-state index is 0.194. The molecule has 0 aromatic heterocycles. The molecule has 1 unspecified atom stereocenters. The fourth-order valence-electron chi connectivity index (χ4n) is 1.59. The Hall–Kier alpha value is -0.850. The summed E-state index contributed by atoms with van der Waals surface area (Å²) in [7, 11) is 0. The number of hydrogen-bond donors (Lipinski definition) is 0. The Morgan fingerprint density at radius 3 is 2.77 bits per heavy atom. The van der Waals surface area contributed by atoms with E-state index in [0.29, 0.717) is 0 Å². The van der Waals surface area contributed by atoms with Crippen LogP contribution in [-0.4, -0.2) is 11.3 Å². The van der Waals surface area contributed by atoms with Crippen LogP contribution in [0.5, 0.6) is 0 Å². The molecule has 1 aliphatic heterocycles. The number of rotatable bonds is 6. The summed E-state index contributed by atoms with van der Waals surface area (Å²) in [6, 6.07) is 0. The Morgan fingerprint density at radius 2 is 2.23 bits per heavy atom. The van der Waals surface area contributed by atoms with E-state index in [2.05, 4.69) is 37.6 Å². The highest BCUT2D eigenvalue weighted by atomic mass is 15.0. The minimum absolute atomic E-state index is 0.194. The lowest BCUT2D eigenvalue weighted by Gasteiger charge is -2.09. The van der Waals surface area contributed by atoms with Crippen molar-refractivity contribution in [2.75, 3.05) is 0 Å². The average Bonchev–Trinajstić information content (AvgIpc) is 2.86. The van der Waals surface area contributed by atoms with Gasteiger partial charge in [-0.05, 0) is 31.8 Å². The molecule has 1 aliphatic rings. The van der Waals surface area contributed by atoms with Gasteiger partial charge in [-0.15, -0.1) is 6.58 Å². The van der Waals surface area contributed by atoms with Gasteiger partial charge in [0.15, 0.2) is 0 Å². The smallest absolute Gasteiger partial charge is 0.103 e. The van der Waals surface area contributed by atoms with Gasteiger partial charge >= 0.3 is 0 Å². The van der Waals surface area contributed by atoms with Gasteiger partial charge in [-0.1, -0.05) is 26.0 Å². The quantitative estimate of drug-likeness (QED) is 0.550. The monoisotopic (exact) mass is 177 g/mol. The van der Waals surface area contributed by atoms with E-state index in [4.69, 9.17) is 0 Å². The van der Waals surface area contributed by atoms with Crippen LogP contribution >= 0.6 is 0 Å². The van der Waals surface area contributed by atoms with Crippen LogP contribution in [0.3, 0.4) is 0 Å². The van der Waals surface area contributed by atoms with Gasteiger partial charge in [0.2, 0.25) is 0 Å². The van der Waals surface area contributed by atoms with Gasteiger partial charge in [-0.3, -0.25) is 4.99 Å². The Kier molecular flexibility index (Phi) is 3.47. The number of allylic oxidation sites excluding steroid dienone is 2. The summed E-state index contributed by atoms with van der Waals surface area (Å²) in [5.41, 5.74) is 1.48. The molecule has 13 heavy (non-hydrogen) atoms. The zero-order chi connectivity index (χ0) is 9.73. The van der Waals surface area contributed by atoms with Gasteiger partial charge in [0, 0.05) is 0 Å². The molecule has 0 bridgehead atoms. The van der Waals surface area contributed by atoms with E-state index in [1.807, 2.05) is 6.08 Å². The van der Waals surface area contributed by atoms with Crippen LogP contribution in [0, 0.1) is 0 Å². The molecule has 0 spiro atoms. The molecule has 0 aliphatic carbocycles. The Bertz CT molecular complexity index is 238. The second kappa shape index (κ2) is 4.40. The van der Waals surface area contributed by atoms with Crippen LogP contribution in [0.15, 0.2) is 29.8 Å². The van der Waals surface area contributed by atoms with Crippen LogP contribution in [0.4, 0.5) is 0 Å². The molecule has 0 aromatic rings. The highest BCUT2D eigenvalue weighted by Gasteiger charge is 2.42. The average molecular weight is 177 g/mol. The van der Waals surface area contributed by atoms with Gasteiger partial charge < -0.3 is 0 Å². The highest BCUT2D eigenvalue weighted by molar-refractivity contribution is 6.13. The fraction of sp³-hybridized carbons (Fsp3) is 0.583. The van der Waals surface area contributed by atoms with E-state index < -0.39 is 0 Å². The van der Waals surface area contributed by atoms with Crippen LogP contribution in [-0.2, 0) is 0 Å². The van der Waals surface area contributed by atoms with Crippen molar-refractivity contribution in [3.63, 3.8) is 0 Å². The molecule has 0 fully saturated rings. The molecule has 72 valence electrons. The first kappa shape index (κ1) is 10.2. The fourth-order valence-corrected chi connectivity index (χ4v) is 1.59. The zero-order valence-electron chi connectivity index (χ0n) is 8.71. The second-order valence-corrected chi connectivity index (χ2v) is 3.52. The highest BCUT2D eigenvalue weighted by Crippen LogP contribution is 2.37. The van der Waals surface area contributed by atoms with E-state index in [-0.39, 0.29) is 5.54 Å². The molecule has 0 radical (unpaired) electrons. The molecular weight excluding hydrogens is 158 g/mol. The summed E-state index contributed by atoms with van der Waals surface area (Å²) in [4.78, 5) is 4.56. The summed E-state index contributed by atoms with van der Waals surface area (Å²) < 4.78 is 0. The third-order valence-corrected chi connectivity index (χ3v) is 2.62. The van der Waals surface area contributed by atoms with Crippen molar-refractivity contribution in [2.24, 2.45) is 4.99 Å². The van der Waals surface area contributed by atoms with E-state index in [0.717, 1.165) is 25.7 Å². The summed E-state index contributed by atoms with van der Waals surface area (Å²) >= 11 is 0. The Balaban J connectivity index is 2.41.